The van der Waals surface area contributed by atoms with E-state index in [9.17, 15) is 4.79 Å². The molecule has 1 nitrogen and oxygen atoms in total. The van der Waals surface area contributed by atoms with Crippen LogP contribution in [-0.4, -0.2) is 5.78 Å². The Morgan fingerprint density at radius 3 is 2.17 bits per heavy atom. The quantitative estimate of drug-likeness (QED) is 0.580. The fourth-order valence-electron chi connectivity index (χ4n) is 1.49. The third-order valence-electron chi connectivity index (χ3n) is 2.44. The van der Waals surface area contributed by atoms with Gasteiger partial charge < -0.3 is 0 Å². The maximum atomic E-state index is 12.0. The van der Waals surface area contributed by atoms with E-state index in [4.69, 9.17) is 11.6 Å². The highest BCUT2D eigenvalue weighted by Gasteiger charge is 2.05. The van der Waals surface area contributed by atoms with Crippen molar-refractivity contribution in [2.75, 3.05) is 0 Å². The number of benzene rings is 2. The zero-order chi connectivity index (χ0) is 13.0. The molecule has 0 atom stereocenters. The number of hydrogen-bond donors (Lipinski definition) is 0. The van der Waals surface area contributed by atoms with Gasteiger partial charge in [-0.25, -0.2) is 0 Å². The molecule has 2 aromatic rings. The van der Waals surface area contributed by atoms with Crippen LogP contribution in [0, 0.1) is 0 Å². The molecule has 0 aromatic heterocycles. The van der Waals surface area contributed by atoms with Crippen LogP contribution in [0.15, 0.2) is 65.1 Å². The minimum Gasteiger partial charge on any atom is -0.289 e. The summed E-state index contributed by atoms with van der Waals surface area (Å²) < 4.78 is 0.942. The van der Waals surface area contributed by atoms with Crippen LogP contribution in [0.1, 0.15) is 15.9 Å². The number of allylic oxidation sites excluding steroid dienone is 1. The first-order valence-electron chi connectivity index (χ1n) is 5.39. The van der Waals surface area contributed by atoms with Gasteiger partial charge in [0, 0.05) is 16.1 Å². The Morgan fingerprint density at radius 2 is 1.56 bits per heavy atom. The van der Waals surface area contributed by atoms with Crippen molar-refractivity contribution >= 4 is 38.3 Å². The van der Waals surface area contributed by atoms with Crippen LogP contribution in [0.3, 0.4) is 0 Å². The molecule has 0 unspecified atom stereocenters. The molecular formula is C15H10BrClO. The van der Waals surface area contributed by atoms with Gasteiger partial charge in [0.25, 0.3) is 0 Å². The number of carbonyl (C=O) groups excluding carboxylic acids is 1. The normalized spacial score (nSPS) is 11.3. The Balaban J connectivity index is 2.23. The summed E-state index contributed by atoms with van der Waals surface area (Å²) in [6, 6.07) is 16.6. The van der Waals surface area contributed by atoms with Gasteiger partial charge in [-0.2, -0.15) is 0 Å². The van der Waals surface area contributed by atoms with Crippen LogP contribution >= 0.6 is 27.5 Å². The molecule has 2 aromatic carbocycles. The molecule has 0 bridgehead atoms. The number of rotatable bonds is 3. The predicted molar refractivity (Wildman–Crippen MR) is 78.7 cm³/mol. The maximum Gasteiger partial charge on any atom is 0.187 e. The van der Waals surface area contributed by atoms with Gasteiger partial charge in [0.1, 0.15) is 0 Å². The predicted octanol–water partition coefficient (Wildman–Crippen LogP) is 4.91. The van der Waals surface area contributed by atoms with E-state index in [1.165, 1.54) is 6.08 Å². The molecule has 0 aliphatic heterocycles. The number of halogens is 2. The van der Waals surface area contributed by atoms with Crippen molar-refractivity contribution in [1.82, 2.24) is 0 Å². The van der Waals surface area contributed by atoms with E-state index < -0.39 is 0 Å². The molecule has 90 valence electrons. The first-order valence-corrected chi connectivity index (χ1v) is 6.56. The zero-order valence-corrected chi connectivity index (χ0v) is 11.8. The van der Waals surface area contributed by atoms with E-state index >= 15 is 0 Å². The minimum absolute atomic E-state index is 0.101. The monoisotopic (exact) mass is 320 g/mol. The Morgan fingerprint density at radius 1 is 0.944 bits per heavy atom. The summed E-state index contributed by atoms with van der Waals surface area (Å²) in [6.45, 7) is 0. The van der Waals surface area contributed by atoms with E-state index in [2.05, 4.69) is 15.9 Å². The molecule has 0 amide bonds. The molecule has 0 fully saturated rings. The Labute approximate surface area is 119 Å². The summed E-state index contributed by atoms with van der Waals surface area (Å²) in [5, 5.41) is 0.448. The first kappa shape index (κ1) is 13.1. The molecular weight excluding hydrogens is 312 g/mol. The molecule has 0 spiro atoms. The van der Waals surface area contributed by atoms with E-state index in [-0.39, 0.29) is 5.78 Å². The molecule has 0 saturated heterocycles. The molecule has 2 rings (SSSR count). The van der Waals surface area contributed by atoms with Gasteiger partial charge in [-0.3, -0.25) is 4.79 Å². The van der Waals surface area contributed by atoms with Crippen LogP contribution in [0.25, 0.3) is 5.03 Å². The average molecular weight is 322 g/mol. The summed E-state index contributed by atoms with van der Waals surface area (Å²) in [6.07, 6.45) is 1.44. The SMILES string of the molecule is O=C(/C=C(\Cl)c1ccccc1)c1ccc(Br)cc1. The molecule has 0 heterocycles. The van der Waals surface area contributed by atoms with Gasteiger partial charge in [-0.15, -0.1) is 0 Å². The minimum atomic E-state index is -0.101. The van der Waals surface area contributed by atoms with Crippen LogP contribution < -0.4 is 0 Å². The Hall–Kier alpha value is -1.38. The van der Waals surface area contributed by atoms with Gasteiger partial charge in [0.2, 0.25) is 0 Å². The number of carbonyl (C=O) groups is 1. The highest BCUT2D eigenvalue weighted by molar-refractivity contribution is 9.10. The van der Waals surface area contributed by atoms with Crippen molar-refractivity contribution in [3.63, 3.8) is 0 Å². The summed E-state index contributed by atoms with van der Waals surface area (Å²) in [4.78, 5) is 12.0. The molecule has 0 radical (unpaired) electrons. The van der Waals surface area contributed by atoms with Gasteiger partial charge in [-0.1, -0.05) is 57.9 Å². The van der Waals surface area contributed by atoms with E-state index in [1.54, 1.807) is 12.1 Å². The van der Waals surface area contributed by atoms with Crippen molar-refractivity contribution < 1.29 is 4.79 Å². The third kappa shape index (κ3) is 3.31. The van der Waals surface area contributed by atoms with E-state index in [0.29, 0.717) is 10.6 Å². The molecule has 0 N–H and O–H groups in total. The van der Waals surface area contributed by atoms with Gasteiger partial charge in [0.05, 0.1) is 5.03 Å². The smallest absolute Gasteiger partial charge is 0.187 e. The van der Waals surface area contributed by atoms with Crippen LogP contribution in [0.4, 0.5) is 0 Å². The lowest BCUT2D eigenvalue weighted by Gasteiger charge is -1.99. The van der Waals surface area contributed by atoms with Crippen LogP contribution in [0.2, 0.25) is 0 Å². The standard InChI is InChI=1S/C15H10BrClO/c16-13-8-6-12(7-9-13)15(18)10-14(17)11-4-2-1-3-5-11/h1-10H/b14-10-. The lowest BCUT2D eigenvalue weighted by atomic mass is 10.1. The van der Waals surface area contributed by atoms with Crippen molar-refractivity contribution in [2.45, 2.75) is 0 Å². The van der Waals surface area contributed by atoms with E-state index in [0.717, 1.165) is 10.0 Å². The largest absolute Gasteiger partial charge is 0.289 e. The zero-order valence-electron chi connectivity index (χ0n) is 9.44. The van der Waals surface area contributed by atoms with Crippen molar-refractivity contribution in [1.29, 1.82) is 0 Å². The third-order valence-corrected chi connectivity index (χ3v) is 3.29. The maximum absolute atomic E-state index is 12.0. The van der Waals surface area contributed by atoms with Crippen LogP contribution in [-0.2, 0) is 0 Å². The fraction of sp³-hybridized carbons (Fsp3) is 0. The van der Waals surface area contributed by atoms with Gasteiger partial charge in [-0.05, 0) is 29.8 Å². The van der Waals surface area contributed by atoms with Crippen molar-refractivity contribution in [3.05, 3.63) is 76.3 Å². The molecule has 3 heteroatoms. The van der Waals surface area contributed by atoms with Crippen molar-refractivity contribution in [3.8, 4) is 0 Å². The second-order valence-electron chi connectivity index (χ2n) is 3.73. The summed E-state index contributed by atoms with van der Waals surface area (Å²) in [5.74, 6) is -0.101. The number of ketones is 1. The fourth-order valence-corrected chi connectivity index (χ4v) is 1.98. The van der Waals surface area contributed by atoms with Crippen LogP contribution in [0.5, 0.6) is 0 Å². The Bertz CT molecular complexity index is 573. The van der Waals surface area contributed by atoms with Crippen molar-refractivity contribution in [2.24, 2.45) is 0 Å². The Kier molecular flexibility index (Phi) is 4.34. The summed E-state index contributed by atoms with van der Waals surface area (Å²) >= 11 is 9.44. The highest BCUT2D eigenvalue weighted by Crippen LogP contribution is 2.19. The van der Waals surface area contributed by atoms with Gasteiger partial charge >= 0.3 is 0 Å². The topological polar surface area (TPSA) is 17.1 Å². The summed E-state index contributed by atoms with van der Waals surface area (Å²) in [5.41, 5.74) is 1.46. The summed E-state index contributed by atoms with van der Waals surface area (Å²) in [7, 11) is 0. The lowest BCUT2D eigenvalue weighted by Crippen LogP contribution is -1.94. The highest BCUT2D eigenvalue weighted by atomic mass is 79.9. The lowest BCUT2D eigenvalue weighted by molar-refractivity contribution is 0.104. The molecule has 0 saturated carbocycles. The molecule has 0 aliphatic rings. The first-order chi connectivity index (χ1) is 8.66. The molecule has 18 heavy (non-hydrogen) atoms. The number of hydrogen-bond acceptors (Lipinski definition) is 1. The second kappa shape index (κ2) is 5.98. The van der Waals surface area contributed by atoms with E-state index in [1.807, 2.05) is 42.5 Å². The van der Waals surface area contributed by atoms with Gasteiger partial charge in [0.15, 0.2) is 5.78 Å². The molecule has 0 aliphatic carbocycles. The average Bonchev–Trinajstić information content (AvgIpc) is 2.40. The second-order valence-corrected chi connectivity index (χ2v) is 5.05.